The molecule has 0 unspecified atom stereocenters. The number of rotatable bonds is 6. The van der Waals surface area contributed by atoms with Gasteiger partial charge in [0.15, 0.2) is 0 Å². The van der Waals surface area contributed by atoms with E-state index >= 15 is 0 Å². The normalized spacial score (nSPS) is 16.6. The zero-order valence-electron chi connectivity index (χ0n) is 18.2. The number of furan rings is 1. The zero-order valence-corrected chi connectivity index (χ0v) is 19.0. The molecule has 1 fully saturated rings. The minimum absolute atomic E-state index is 0.182. The molecule has 1 saturated heterocycles. The van der Waals surface area contributed by atoms with Gasteiger partial charge < -0.3 is 9.52 Å². The van der Waals surface area contributed by atoms with Crippen LogP contribution in [0.3, 0.4) is 0 Å². The number of hydrogen-bond acceptors (Lipinski definition) is 6. The number of nitrogens with zero attached hydrogens (tertiary/aromatic N) is 3. The summed E-state index contributed by atoms with van der Waals surface area (Å²) in [6.07, 6.45) is 2.06. The Hall–Kier alpha value is -2.74. The number of piperidine rings is 1. The molecule has 0 saturated carbocycles. The maximum Gasteiger partial charge on any atom is 0.266 e. The van der Waals surface area contributed by atoms with Gasteiger partial charge >= 0.3 is 0 Å². The van der Waals surface area contributed by atoms with Gasteiger partial charge in [0.2, 0.25) is 0 Å². The number of fused-ring (bicyclic) bond motifs is 1. The average molecular weight is 450 g/mol. The molecule has 0 spiro atoms. The van der Waals surface area contributed by atoms with E-state index in [1.165, 1.54) is 21.7 Å². The fraction of sp³-hybridized carbons (Fsp3) is 0.360. The van der Waals surface area contributed by atoms with Crippen molar-refractivity contribution < 1.29 is 9.52 Å². The van der Waals surface area contributed by atoms with Crippen LogP contribution in [-0.2, 0) is 19.5 Å². The third kappa shape index (κ3) is 4.16. The van der Waals surface area contributed by atoms with Crippen molar-refractivity contribution in [3.05, 3.63) is 75.6 Å². The Morgan fingerprint density at radius 2 is 1.94 bits per heavy atom. The van der Waals surface area contributed by atoms with E-state index in [1.54, 1.807) is 17.4 Å². The predicted molar refractivity (Wildman–Crippen MR) is 127 cm³/mol. The maximum absolute atomic E-state index is 12.4. The second-order valence-corrected chi connectivity index (χ2v) is 9.49. The minimum atomic E-state index is -0.937. The van der Waals surface area contributed by atoms with Crippen LogP contribution in [-0.4, -0.2) is 38.5 Å². The summed E-state index contributed by atoms with van der Waals surface area (Å²) in [6, 6.07) is 15.4. The van der Waals surface area contributed by atoms with Gasteiger partial charge in [0.05, 0.1) is 17.0 Å². The van der Waals surface area contributed by atoms with E-state index in [4.69, 9.17) is 4.42 Å². The molecular formula is C25H27N3O3S. The molecule has 0 amide bonds. The van der Waals surface area contributed by atoms with E-state index in [0.717, 1.165) is 48.0 Å². The number of aliphatic hydroxyl groups is 1. The zero-order chi connectivity index (χ0) is 22.1. The molecule has 0 atom stereocenters. The van der Waals surface area contributed by atoms with Crippen LogP contribution in [0.5, 0.6) is 0 Å². The van der Waals surface area contributed by atoms with Crippen LogP contribution in [0.25, 0.3) is 21.5 Å². The fourth-order valence-corrected chi connectivity index (χ4v) is 5.20. The summed E-state index contributed by atoms with van der Waals surface area (Å²) in [5, 5.41) is 18.9. The van der Waals surface area contributed by atoms with Crippen LogP contribution in [0, 0.1) is 0 Å². The first-order valence-corrected chi connectivity index (χ1v) is 12.0. The number of para-hydroxylation sites is 1. The summed E-state index contributed by atoms with van der Waals surface area (Å²) in [7, 11) is 0. The molecule has 1 aromatic carbocycles. The van der Waals surface area contributed by atoms with Gasteiger partial charge in [-0.25, -0.2) is 4.68 Å². The van der Waals surface area contributed by atoms with Crippen LogP contribution < -0.4 is 5.56 Å². The van der Waals surface area contributed by atoms with Crippen LogP contribution in [0.2, 0.25) is 0 Å². The third-order valence-corrected chi connectivity index (χ3v) is 7.25. The lowest BCUT2D eigenvalue weighted by molar-refractivity contribution is -0.0389. The summed E-state index contributed by atoms with van der Waals surface area (Å²) in [5.41, 5.74) is 1.82. The smallest absolute Gasteiger partial charge is 0.266 e. The fourth-order valence-electron chi connectivity index (χ4n) is 4.51. The molecule has 1 N–H and O–H groups in total. The minimum Gasteiger partial charge on any atom is -0.461 e. The molecule has 4 heterocycles. The monoisotopic (exact) mass is 449 g/mol. The highest BCUT2D eigenvalue weighted by Crippen LogP contribution is 2.30. The van der Waals surface area contributed by atoms with Gasteiger partial charge in [-0.15, -0.1) is 11.3 Å². The predicted octanol–water partition coefficient (Wildman–Crippen LogP) is 4.31. The van der Waals surface area contributed by atoms with Crippen molar-refractivity contribution in [2.24, 2.45) is 0 Å². The molecule has 3 aromatic heterocycles. The van der Waals surface area contributed by atoms with Crippen LogP contribution >= 0.6 is 11.3 Å². The van der Waals surface area contributed by atoms with Crippen LogP contribution in [0.1, 0.15) is 31.1 Å². The van der Waals surface area contributed by atoms with Crippen molar-refractivity contribution in [2.75, 3.05) is 13.1 Å². The molecule has 5 rings (SSSR count). The lowest BCUT2D eigenvalue weighted by atomic mass is 9.91. The van der Waals surface area contributed by atoms with Gasteiger partial charge in [-0.2, -0.15) is 5.10 Å². The van der Waals surface area contributed by atoms with Crippen LogP contribution in [0.15, 0.2) is 63.1 Å². The van der Waals surface area contributed by atoms with Crippen molar-refractivity contribution in [3.63, 3.8) is 0 Å². The highest BCUT2D eigenvalue weighted by Gasteiger charge is 2.34. The summed E-state index contributed by atoms with van der Waals surface area (Å²) < 4.78 is 7.46. The molecule has 0 radical (unpaired) electrons. The molecule has 4 aromatic rings. The Morgan fingerprint density at radius 1 is 1.12 bits per heavy atom. The van der Waals surface area contributed by atoms with E-state index in [-0.39, 0.29) is 12.1 Å². The van der Waals surface area contributed by atoms with Crippen molar-refractivity contribution >= 4 is 22.3 Å². The summed E-state index contributed by atoms with van der Waals surface area (Å²) in [5.74, 6) is 1.04. The van der Waals surface area contributed by atoms with Crippen LogP contribution in [0.4, 0.5) is 0 Å². The number of aryl methyl sites for hydroxylation is 1. The summed E-state index contributed by atoms with van der Waals surface area (Å²) >= 11 is 1.59. The van der Waals surface area contributed by atoms with Crippen molar-refractivity contribution in [3.8, 4) is 10.6 Å². The first-order valence-electron chi connectivity index (χ1n) is 11.1. The van der Waals surface area contributed by atoms with E-state index in [1.807, 2.05) is 35.7 Å². The SMILES string of the molecule is CCc1oc2ccccc2c1CN1CCC(O)(Cn2nc(-c3cccs3)ccc2=O)CC1. The molecule has 7 heteroatoms. The number of aromatic nitrogens is 2. The standard InChI is InChI=1S/C25H27N3O3S/c1-2-21-19(18-6-3-4-7-22(18)31-21)16-27-13-11-25(30,12-14-27)17-28-24(29)10-9-20(26-28)23-8-5-15-32-23/h3-10,15,30H,2,11-14,16-17H2,1H3. The molecule has 6 nitrogen and oxygen atoms in total. The third-order valence-electron chi connectivity index (χ3n) is 6.36. The van der Waals surface area contributed by atoms with E-state index in [0.29, 0.717) is 12.8 Å². The van der Waals surface area contributed by atoms with Crippen molar-refractivity contribution in [1.82, 2.24) is 14.7 Å². The second-order valence-electron chi connectivity index (χ2n) is 8.55. The number of hydrogen-bond donors (Lipinski definition) is 1. The lowest BCUT2D eigenvalue weighted by Gasteiger charge is -2.38. The van der Waals surface area contributed by atoms with Crippen molar-refractivity contribution in [2.45, 2.75) is 44.9 Å². The average Bonchev–Trinajstić information content (AvgIpc) is 3.45. The van der Waals surface area contributed by atoms with E-state index in [2.05, 4.69) is 23.0 Å². The quantitative estimate of drug-likeness (QED) is 0.475. The van der Waals surface area contributed by atoms with E-state index < -0.39 is 5.60 Å². The van der Waals surface area contributed by atoms with Gasteiger partial charge in [0.1, 0.15) is 17.0 Å². The van der Waals surface area contributed by atoms with Gasteiger partial charge in [-0.05, 0) is 36.4 Å². The Kier molecular flexibility index (Phi) is 5.71. The Balaban J connectivity index is 1.29. The van der Waals surface area contributed by atoms with Crippen molar-refractivity contribution in [1.29, 1.82) is 0 Å². The first-order chi connectivity index (χ1) is 15.5. The molecule has 166 valence electrons. The Labute approximate surface area is 190 Å². The molecule has 32 heavy (non-hydrogen) atoms. The highest BCUT2D eigenvalue weighted by molar-refractivity contribution is 7.13. The van der Waals surface area contributed by atoms with Gasteiger partial charge in [-0.1, -0.05) is 31.2 Å². The van der Waals surface area contributed by atoms with Gasteiger partial charge in [-0.3, -0.25) is 9.69 Å². The topological polar surface area (TPSA) is 71.5 Å². The number of likely N-dealkylation sites (tertiary alicyclic amines) is 1. The molecule has 0 bridgehead atoms. The molecule has 0 aliphatic carbocycles. The maximum atomic E-state index is 12.4. The highest BCUT2D eigenvalue weighted by atomic mass is 32.1. The van der Waals surface area contributed by atoms with Gasteiger partial charge in [0.25, 0.3) is 5.56 Å². The Bertz CT molecular complexity index is 1270. The molecule has 1 aliphatic rings. The summed E-state index contributed by atoms with van der Waals surface area (Å²) in [4.78, 5) is 15.8. The molecular weight excluding hydrogens is 422 g/mol. The van der Waals surface area contributed by atoms with Gasteiger partial charge in [0, 0.05) is 43.1 Å². The second kappa shape index (κ2) is 8.65. The van der Waals surface area contributed by atoms with E-state index in [9.17, 15) is 9.90 Å². The largest absolute Gasteiger partial charge is 0.461 e. The number of thiophene rings is 1. The Morgan fingerprint density at radius 3 is 2.69 bits per heavy atom. The summed E-state index contributed by atoms with van der Waals surface area (Å²) in [6.45, 7) is 4.67. The molecule has 1 aliphatic heterocycles. The number of benzene rings is 1. The first kappa shape index (κ1) is 21.1. The lowest BCUT2D eigenvalue weighted by Crippen LogP contribution is -2.48.